The molecule has 0 aliphatic rings. The van der Waals surface area contributed by atoms with Gasteiger partial charge in [0.25, 0.3) is 0 Å². The van der Waals surface area contributed by atoms with Crippen LogP contribution in [-0.4, -0.2) is 6.61 Å². The molecule has 128 valence electrons. The van der Waals surface area contributed by atoms with Crippen LogP contribution in [0.2, 0.25) is 0 Å². The maximum atomic E-state index is 6.27. The average molecular weight is 338 g/mol. The fourth-order valence-electron chi connectivity index (χ4n) is 4.28. The summed E-state index contributed by atoms with van der Waals surface area (Å²) in [6.07, 6.45) is 3.54. The van der Waals surface area contributed by atoms with Crippen LogP contribution in [0.25, 0.3) is 43.1 Å². The van der Waals surface area contributed by atoms with Crippen LogP contribution < -0.4 is 4.74 Å². The lowest BCUT2D eigenvalue weighted by atomic mass is 9.89. The maximum Gasteiger partial charge on any atom is 0.127 e. The normalized spacial score (nSPS) is 11.9. The van der Waals surface area contributed by atoms with E-state index in [9.17, 15) is 0 Å². The van der Waals surface area contributed by atoms with Crippen molar-refractivity contribution in [3.05, 3.63) is 66.7 Å². The van der Waals surface area contributed by atoms with Crippen LogP contribution in [0.1, 0.15) is 26.2 Å². The fraction of sp³-hybridized carbons (Fsp3) is 0.200. The van der Waals surface area contributed by atoms with Gasteiger partial charge in [-0.2, -0.15) is 0 Å². The van der Waals surface area contributed by atoms with Gasteiger partial charge in [-0.05, 0) is 44.8 Å². The second-order valence-electron chi connectivity index (χ2n) is 7.11. The Bertz CT molecular complexity index is 1210. The van der Waals surface area contributed by atoms with E-state index in [1.807, 2.05) is 0 Å². The summed E-state index contributed by atoms with van der Waals surface area (Å²) >= 11 is 0. The van der Waals surface area contributed by atoms with Crippen LogP contribution in [0.5, 0.6) is 5.75 Å². The minimum absolute atomic E-state index is 0.784. The summed E-state index contributed by atoms with van der Waals surface area (Å²) in [5.41, 5.74) is 0. The molecule has 0 spiro atoms. The van der Waals surface area contributed by atoms with Crippen molar-refractivity contribution in [3.8, 4) is 5.75 Å². The Hall–Kier alpha value is -2.80. The van der Waals surface area contributed by atoms with Gasteiger partial charge in [-0.25, -0.2) is 0 Å². The van der Waals surface area contributed by atoms with Crippen molar-refractivity contribution in [2.45, 2.75) is 26.2 Å². The number of ether oxygens (including phenoxy) is 1. The first kappa shape index (κ1) is 15.5. The van der Waals surface area contributed by atoms with E-state index in [-0.39, 0.29) is 0 Å². The summed E-state index contributed by atoms with van der Waals surface area (Å²) in [7, 11) is 0. The van der Waals surface area contributed by atoms with Crippen LogP contribution >= 0.6 is 0 Å². The Morgan fingerprint density at radius 3 is 2.00 bits per heavy atom. The Morgan fingerprint density at radius 1 is 0.615 bits per heavy atom. The average Bonchev–Trinajstić information content (AvgIpc) is 2.69. The zero-order valence-electron chi connectivity index (χ0n) is 15.1. The summed E-state index contributed by atoms with van der Waals surface area (Å²) in [5, 5.41) is 10.5. The van der Waals surface area contributed by atoms with Crippen LogP contribution in [0.3, 0.4) is 0 Å². The standard InChI is InChI=1S/C25H22O/c1-2-3-4-16-26-22-15-14-18-10-6-12-20-19-11-5-8-17-9-7-13-21(23(17)19)25(22)24(18)20/h5-15H,2-4,16H2,1H3. The molecule has 26 heavy (non-hydrogen) atoms. The highest BCUT2D eigenvalue weighted by Gasteiger charge is 2.15. The summed E-state index contributed by atoms with van der Waals surface area (Å²) in [5.74, 6) is 1.02. The summed E-state index contributed by atoms with van der Waals surface area (Å²) in [6.45, 7) is 3.01. The van der Waals surface area contributed by atoms with Crippen molar-refractivity contribution in [3.63, 3.8) is 0 Å². The smallest absolute Gasteiger partial charge is 0.127 e. The molecule has 0 amide bonds. The molecule has 0 radical (unpaired) electrons. The molecule has 0 aromatic heterocycles. The van der Waals surface area contributed by atoms with Crippen molar-refractivity contribution < 1.29 is 4.74 Å². The van der Waals surface area contributed by atoms with Gasteiger partial charge >= 0.3 is 0 Å². The molecule has 0 N–H and O–H groups in total. The van der Waals surface area contributed by atoms with Crippen molar-refractivity contribution >= 4 is 43.1 Å². The van der Waals surface area contributed by atoms with Gasteiger partial charge in [-0.1, -0.05) is 80.4 Å². The van der Waals surface area contributed by atoms with Crippen molar-refractivity contribution in [2.24, 2.45) is 0 Å². The fourth-order valence-corrected chi connectivity index (χ4v) is 4.28. The second-order valence-corrected chi connectivity index (χ2v) is 7.11. The van der Waals surface area contributed by atoms with E-state index < -0.39 is 0 Å². The summed E-state index contributed by atoms with van der Waals surface area (Å²) < 4.78 is 6.27. The first-order chi connectivity index (χ1) is 12.9. The van der Waals surface area contributed by atoms with Gasteiger partial charge in [-0.15, -0.1) is 0 Å². The summed E-state index contributed by atoms with van der Waals surface area (Å²) in [4.78, 5) is 0. The number of benzene rings is 5. The van der Waals surface area contributed by atoms with E-state index in [2.05, 4.69) is 73.7 Å². The molecule has 5 aromatic carbocycles. The third-order valence-corrected chi connectivity index (χ3v) is 5.48. The first-order valence-electron chi connectivity index (χ1n) is 9.59. The Morgan fingerprint density at radius 2 is 1.27 bits per heavy atom. The third-order valence-electron chi connectivity index (χ3n) is 5.48. The van der Waals surface area contributed by atoms with E-state index in [1.54, 1.807) is 0 Å². The molecule has 1 heteroatoms. The van der Waals surface area contributed by atoms with Gasteiger partial charge in [0, 0.05) is 10.8 Å². The highest BCUT2D eigenvalue weighted by molar-refractivity contribution is 6.34. The Labute approximate surface area is 153 Å². The monoisotopic (exact) mass is 338 g/mol. The minimum Gasteiger partial charge on any atom is -0.493 e. The van der Waals surface area contributed by atoms with E-state index >= 15 is 0 Å². The zero-order chi connectivity index (χ0) is 17.5. The van der Waals surface area contributed by atoms with Gasteiger partial charge in [0.15, 0.2) is 0 Å². The molecule has 0 heterocycles. The molecule has 0 aliphatic heterocycles. The largest absolute Gasteiger partial charge is 0.493 e. The van der Waals surface area contributed by atoms with Crippen LogP contribution in [-0.2, 0) is 0 Å². The van der Waals surface area contributed by atoms with E-state index in [1.165, 1.54) is 55.9 Å². The molecule has 0 saturated heterocycles. The molecule has 0 saturated carbocycles. The van der Waals surface area contributed by atoms with Crippen LogP contribution in [0, 0.1) is 0 Å². The molecule has 5 rings (SSSR count). The molecule has 1 nitrogen and oxygen atoms in total. The lowest BCUT2D eigenvalue weighted by Crippen LogP contribution is -1.98. The van der Waals surface area contributed by atoms with Gasteiger partial charge < -0.3 is 4.74 Å². The van der Waals surface area contributed by atoms with Gasteiger partial charge in [0.2, 0.25) is 0 Å². The molecule has 0 fully saturated rings. The van der Waals surface area contributed by atoms with Gasteiger partial charge in [0.05, 0.1) is 6.61 Å². The predicted octanol–water partition coefficient (Wildman–Crippen LogP) is 7.31. The molecule has 0 unspecified atom stereocenters. The molecular weight excluding hydrogens is 316 g/mol. The number of unbranched alkanes of at least 4 members (excludes halogenated alkanes) is 2. The van der Waals surface area contributed by atoms with Crippen molar-refractivity contribution in [2.75, 3.05) is 6.61 Å². The molecule has 5 aromatic rings. The van der Waals surface area contributed by atoms with Gasteiger partial charge in [0.1, 0.15) is 5.75 Å². The molecule has 0 aliphatic carbocycles. The van der Waals surface area contributed by atoms with E-state index in [0.29, 0.717) is 0 Å². The Kier molecular flexibility index (Phi) is 3.67. The number of hydrogen-bond acceptors (Lipinski definition) is 1. The topological polar surface area (TPSA) is 9.23 Å². The molecule has 0 bridgehead atoms. The van der Waals surface area contributed by atoms with Crippen LogP contribution in [0.4, 0.5) is 0 Å². The quantitative estimate of drug-likeness (QED) is 0.185. The van der Waals surface area contributed by atoms with Gasteiger partial charge in [-0.3, -0.25) is 0 Å². The number of hydrogen-bond donors (Lipinski definition) is 0. The molecular formula is C25H22O. The predicted molar refractivity (Wildman–Crippen MR) is 113 cm³/mol. The first-order valence-corrected chi connectivity index (χ1v) is 9.59. The Balaban J connectivity index is 1.88. The summed E-state index contributed by atoms with van der Waals surface area (Å²) in [6, 6.07) is 24.2. The van der Waals surface area contributed by atoms with E-state index in [4.69, 9.17) is 4.74 Å². The molecule has 0 atom stereocenters. The number of fused-ring (bicyclic) bond motifs is 2. The zero-order valence-corrected chi connectivity index (χ0v) is 15.1. The van der Waals surface area contributed by atoms with Crippen molar-refractivity contribution in [1.82, 2.24) is 0 Å². The SMILES string of the molecule is CCCCCOc1ccc2cccc3c4cccc5cccc(c1c23)c54. The lowest BCUT2D eigenvalue weighted by molar-refractivity contribution is 0.310. The van der Waals surface area contributed by atoms with E-state index in [0.717, 1.165) is 18.8 Å². The highest BCUT2D eigenvalue weighted by atomic mass is 16.5. The minimum atomic E-state index is 0.784. The second kappa shape index (κ2) is 6.17. The lowest BCUT2D eigenvalue weighted by Gasteiger charge is -2.17. The maximum absolute atomic E-state index is 6.27. The third kappa shape index (κ3) is 2.24. The van der Waals surface area contributed by atoms with Crippen LogP contribution in [0.15, 0.2) is 66.7 Å². The number of rotatable bonds is 5. The highest BCUT2D eigenvalue weighted by Crippen LogP contribution is 2.43. The van der Waals surface area contributed by atoms with Crippen molar-refractivity contribution in [1.29, 1.82) is 0 Å².